The molecule has 1 rings (SSSR count). The van der Waals surface area contributed by atoms with Crippen molar-refractivity contribution < 1.29 is 4.84 Å². The largest absolute Gasteiger partial charge is 0.393 e. The van der Waals surface area contributed by atoms with Gasteiger partial charge in [0.1, 0.15) is 6.10 Å². The Morgan fingerprint density at radius 3 is 1.38 bits per heavy atom. The summed E-state index contributed by atoms with van der Waals surface area (Å²) in [6.45, 7) is 4.54. The van der Waals surface area contributed by atoms with Crippen LogP contribution in [0.4, 0.5) is 0 Å². The predicted octanol–water partition coefficient (Wildman–Crippen LogP) is 14.8. The van der Waals surface area contributed by atoms with Crippen molar-refractivity contribution in [1.29, 1.82) is 0 Å². The van der Waals surface area contributed by atoms with E-state index in [4.69, 9.17) is 9.99 Å². The Hall–Kier alpha value is -2.03. The second-order valence-electron chi connectivity index (χ2n) is 14.4. The highest BCUT2D eigenvalue weighted by Gasteiger charge is 2.14. The Labute approximate surface area is 300 Å². The van der Waals surface area contributed by atoms with E-state index in [9.17, 15) is 0 Å². The summed E-state index contributed by atoms with van der Waals surface area (Å²) in [7, 11) is 4.28. The molecule has 0 fully saturated rings. The molecule has 0 aliphatic heterocycles. The molecule has 1 aliphatic carbocycles. The van der Waals surface area contributed by atoms with Gasteiger partial charge in [-0.15, -0.1) is 0 Å². The molecule has 0 saturated carbocycles. The van der Waals surface area contributed by atoms with Crippen molar-refractivity contribution in [3.63, 3.8) is 0 Å². The maximum Gasteiger partial charge on any atom is 0.127 e. The summed E-state index contributed by atoms with van der Waals surface area (Å²) in [5.74, 6) is 0. The van der Waals surface area contributed by atoms with Gasteiger partial charge in [-0.2, -0.15) is 0 Å². The van der Waals surface area contributed by atoms with Gasteiger partial charge in [0.2, 0.25) is 0 Å². The summed E-state index contributed by atoms with van der Waals surface area (Å²) in [5, 5.41) is 4.69. The number of rotatable bonds is 33. The topological polar surface area (TPSA) is 24.8 Å². The molecule has 0 amide bonds. The lowest BCUT2D eigenvalue weighted by Crippen LogP contribution is -2.17. The van der Waals surface area contributed by atoms with Gasteiger partial charge in [-0.3, -0.25) is 0 Å². The molecular weight excluding hydrogens is 585 g/mol. The summed E-state index contributed by atoms with van der Waals surface area (Å²) in [4.78, 5) is 8.48. The van der Waals surface area contributed by atoms with Gasteiger partial charge in [0.05, 0.1) is 5.71 Å². The molecule has 0 heterocycles. The third kappa shape index (κ3) is 28.9. The van der Waals surface area contributed by atoms with Crippen LogP contribution in [-0.2, 0) is 4.84 Å². The quantitative estimate of drug-likeness (QED) is 0.0396. The predicted molar refractivity (Wildman–Crippen MR) is 216 cm³/mol. The SMILES string of the molecule is CCCCC/C=C\C/C=C\CCCCCCCCC(CCCCCCCC/C=C\C/C=C\CCCCC)ON=C1CC=C(N(C)C)CC1. The van der Waals surface area contributed by atoms with E-state index in [-0.39, 0.29) is 6.10 Å². The Morgan fingerprint density at radius 2 is 0.979 bits per heavy atom. The number of oxime groups is 1. The van der Waals surface area contributed by atoms with Gasteiger partial charge in [-0.1, -0.05) is 151 Å². The highest BCUT2D eigenvalue weighted by atomic mass is 16.6. The van der Waals surface area contributed by atoms with Crippen LogP contribution in [0.1, 0.15) is 200 Å². The standard InChI is InChI=1S/C45H80N2O/c1-5-7-9-11-13-15-17-19-21-23-25-27-29-31-33-35-37-45(48-46-43-39-41-44(42-40-43)47(3)4)38-36-34-32-30-28-26-24-22-20-18-16-14-12-10-8-6-2/h13-16,19-22,41,45H,5-12,17-18,23-40,42H2,1-4H3/b15-13-,16-14-,21-19-,22-20-,46-43?. The lowest BCUT2D eigenvalue weighted by molar-refractivity contribution is 0.0422. The van der Waals surface area contributed by atoms with E-state index in [1.54, 1.807) is 0 Å². The molecule has 3 nitrogen and oxygen atoms in total. The van der Waals surface area contributed by atoms with Crippen molar-refractivity contribution >= 4 is 5.71 Å². The van der Waals surface area contributed by atoms with Gasteiger partial charge in [-0.05, 0) is 103 Å². The molecule has 0 aromatic carbocycles. The van der Waals surface area contributed by atoms with Crippen molar-refractivity contribution in [2.24, 2.45) is 5.16 Å². The van der Waals surface area contributed by atoms with Crippen molar-refractivity contribution in [3.8, 4) is 0 Å². The van der Waals surface area contributed by atoms with Crippen molar-refractivity contribution in [3.05, 3.63) is 60.4 Å². The third-order valence-electron chi connectivity index (χ3n) is 9.60. The molecule has 276 valence electrons. The Kier molecular flexibility index (Phi) is 31.9. The molecule has 0 unspecified atom stereocenters. The Bertz CT molecular complexity index is 829. The first-order valence-electron chi connectivity index (χ1n) is 20.8. The highest BCUT2D eigenvalue weighted by Crippen LogP contribution is 2.21. The molecule has 0 N–H and O–H groups in total. The van der Waals surface area contributed by atoms with Crippen LogP contribution in [0.5, 0.6) is 0 Å². The van der Waals surface area contributed by atoms with E-state index in [2.05, 4.69) is 87.5 Å². The van der Waals surface area contributed by atoms with Crippen LogP contribution in [0, 0.1) is 0 Å². The summed E-state index contributed by atoms with van der Waals surface area (Å²) in [6.07, 6.45) is 58.0. The van der Waals surface area contributed by atoms with Crippen LogP contribution in [0.25, 0.3) is 0 Å². The Morgan fingerprint density at radius 1 is 0.562 bits per heavy atom. The first-order valence-corrected chi connectivity index (χ1v) is 20.8. The minimum absolute atomic E-state index is 0.286. The third-order valence-corrected chi connectivity index (χ3v) is 9.60. The van der Waals surface area contributed by atoms with Crippen LogP contribution in [-0.4, -0.2) is 30.8 Å². The fourth-order valence-electron chi connectivity index (χ4n) is 6.32. The zero-order valence-corrected chi connectivity index (χ0v) is 32.6. The van der Waals surface area contributed by atoms with Crippen molar-refractivity contribution in [1.82, 2.24) is 4.90 Å². The first kappa shape index (κ1) is 44.0. The van der Waals surface area contributed by atoms with E-state index in [0.29, 0.717) is 0 Å². The van der Waals surface area contributed by atoms with Crippen molar-refractivity contribution in [2.75, 3.05) is 14.1 Å². The molecule has 0 saturated heterocycles. The molecule has 0 bridgehead atoms. The smallest absolute Gasteiger partial charge is 0.127 e. The monoisotopic (exact) mass is 665 g/mol. The fraction of sp³-hybridized carbons (Fsp3) is 0.756. The molecule has 0 radical (unpaired) electrons. The van der Waals surface area contributed by atoms with Crippen LogP contribution in [0.3, 0.4) is 0 Å². The second kappa shape index (κ2) is 34.8. The molecule has 48 heavy (non-hydrogen) atoms. The lowest BCUT2D eigenvalue weighted by atomic mass is 10.0. The molecular formula is C45H80N2O. The molecule has 0 aromatic heterocycles. The number of unbranched alkanes of at least 4 members (excludes halogenated alkanes) is 18. The van der Waals surface area contributed by atoms with Crippen LogP contribution < -0.4 is 0 Å². The molecule has 3 heteroatoms. The van der Waals surface area contributed by atoms with Gasteiger partial charge in [-0.25, -0.2) is 0 Å². The lowest BCUT2D eigenvalue weighted by Gasteiger charge is -2.22. The maximum absolute atomic E-state index is 6.25. The zero-order valence-electron chi connectivity index (χ0n) is 32.6. The zero-order chi connectivity index (χ0) is 34.6. The molecule has 0 aromatic rings. The average molecular weight is 665 g/mol. The van der Waals surface area contributed by atoms with E-state index in [0.717, 1.165) is 44.9 Å². The number of allylic oxidation sites excluding steroid dienone is 10. The molecule has 1 aliphatic rings. The highest BCUT2D eigenvalue weighted by molar-refractivity contribution is 5.86. The van der Waals surface area contributed by atoms with Gasteiger partial charge in [0.25, 0.3) is 0 Å². The van der Waals surface area contributed by atoms with Crippen LogP contribution >= 0.6 is 0 Å². The average Bonchev–Trinajstić information content (AvgIpc) is 3.10. The van der Waals surface area contributed by atoms with Gasteiger partial charge in [0.15, 0.2) is 0 Å². The van der Waals surface area contributed by atoms with E-state index in [1.807, 2.05) is 0 Å². The molecule has 0 atom stereocenters. The molecule has 0 spiro atoms. The van der Waals surface area contributed by atoms with Crippen LogP contribution in [0.15, 0.2) is 65.5 Å². The summed E-state index contributed by atoms with van der Waals surface area (Å²) in [6, 6.07) is 0. The fourth-order valence-corrected chi connectivity index (χ4v) is 6.32. The van der Waals surface area contributed by atoms with E-state index >= 15 is 0 Å². The minimum Gasteiger partial charge on any atom is -0.393 e. The van der Waals surface area contributed by atoms with Crippen LogP contribution in [0.2, 0.25) is 0 Å². The minimum atomic E-state index is 0.286. The number of hydrogen-bond donors (Lipinski definition) is 0. The van der Waals surface area contributed by atoms with E-state index in [1.165, 1.54) is 153 Å². The maximum atomic E-state index is 6.25. The number of nitrogens with zero attached hydrogens (tertiary/aromatic N) is 2. The van der Waals surface area contributed by atoms with Crippen molar-refractivity contribution in [2.45, 2.75) is 206 Å². The number of hydrogen-bond acceptors (Lipinski definition) is 3. The first-order chi connectivity index (χ1) is 23.7. The summed E-state index contributed by atoms with van der Waals surface area (Å²) < 4.78 is 0. The summed E-state index contributed by atoms with van der Waals surface area (Å²) in [5.41, 5.74) is 2.65. The normalized spacial score (nSPS) is 14.9. The van der Waals surface area contributed by atoms with E-state index < -0.39 is 0 Å². The van der Waals surface area contributed by atoms with Gasteiger partial charge in [0, 0.05) is 26.2 Å². The Balaban J connectivity index is 2.21. The summed E-state index contributed by atoms with van der Waals surface area (Å²) >= 11 is 0. The second-order valence-corrected chi connectivity index (χ2v) is 14.4. The van der Waals surface area contributed by atoms with Gasteiger partial charge >= 0.3 is 0 Å². The van der Waals surface area contributed by atoms with Gasteiger partial charge < -0.3 is 9.74 Å².